The molecular weight excluding hydrogens is 188 g/mol. The lowest BCUT2D eigenvalue weighted by atomic mass is 10.1. The summed E-state index contributed by atoms with van der Waals surface area (Å²) in [5.74, 6) is 0.344. The first-order chi connectivity index (χ1) is 6.77. The molecule has 0 aliphatic carbocycles. The topological polar surface area (TPSA) is 29.9 Å². The predicted molar refractivity (Wildman–Crippen MR) is 48.5 cm³/mol. The molecule has 78 valence electrons. The summed E-state index contributed by atoms with van der Waals surface area (Å²) in [6.07, 6.45) is 1.88. The third-order valence-corrected chi connectivity index (χ3v) is 2.56. The maximum absolute atomic E-state index is 12.2. The smallest absolute Gasteiger partial charge is 0.256 e. The van der Waals surface area contributed by atoms with Crippen molar-refractivity contribution >= 4 is 0 Å². The van der Waals surface area contributed by atoms with Gasteiger partial charge in [0.1, 0.15) is 0 Å². The minimum absolute atomic E-state index is 0.244. The molecule has 0 saturated carbocycles. The average molecular weight is 201 g/mol. The third-order valence-electron chi connectivity index (χ3n) is 2.56. The summed E-state index contributed by atoms with van der Waals surface area (Å²) in [6.45, 7) is 1.59. The number of imidazole rings is 1. The first-order valence-electron chi connectivity index (χ1n) is 4.76. The van der Waals surface area contributed by atoms with Gasteiger partial charge in [0.05, 0.1) is 12.9 Å². The molecule has 1 N–H and O–H groups in total. The highest BCUT2D eigenvalue weighted by Gasteiger charge is 2.20. The molecule has 0 radical (unpaired) electrons. The Kier molecular flexibility index (Phi) is 2.77. The molecule has 5 heteroatoms. The minimum atomic E-state index is -2.31. The molecule has 0 amide bonds. The summed E-state index contributed by atoms with van der Waals surface area (Å²) in [7, 11) is 0. The zero-order chi connectivity index (χ0) is 9.97. The van der Waals surface area contributed by atoms with Gasteiger partial charge in [-0.15, -0.1) is 0 Å². The van der Waals surface area contributed by atoms with Crippen molar-refractivity contribution in [2.45, 2.75) is 25.3 Å². The van der Waals surface area contributed by atoms with Crippen LogP contribution in [-0.4, -0.2) is 29.1 Å². The second kappa shape index (κ2) is 4.04. The molecule has 0 aromatic carbocycles. The molecule has 2 rings (SSSR count). The molecule has 1 aliphatic heterocycles. The van der Waals surface area contributed by atoms with Crippen LogP contribution in [0.2, 0.25) is 0 Å². The van der Waals surface area contributed by atoms with Gasteiger partial charge in [-0.3, -0.25) is 0 Å². The SMILES string of the molecule is FC(F)Cn1cncc1C1CCNC1. The van der Waals surface area contributed by atoms with Crippen LogP contribution < -0.4 is 5.32 Å². The normalized spacial score (nSPS) is 22.1. The fourth-order valence-electron chi connectivity index (χ4n) is 1.88. The molecule has 1 aliphatic rings. The van der Waals surface area contributed by atoms with E-state index in [9.17, 15) is 8.78 Å². The molecule has 1 aromatic rings. The Hall–Kier alpha value is -0.970. The standard InChI is InChI=1S/C9H13F2N3/c10-9(11)5-14-6-13-4-8(14)7-1-2-12-3-7/h4,6-7,9,12H,1-3,5H2. The molecule has 0 bridgehead atoms. The first kappa shape index (κ1) is 9.58. The van der Waals surface area contributed by atoms with Gasteiger partial charge < -0.3 is 9.88 Å². The molecule has 1 fully saturated rings. The van der Waals surface area contributed by atoms with Gasteiger partial charge >= 0.3 is 0 Å². The maximum atomic E-state index is 12.2. The van der Waals surface area contributed by atoms with E-state index < -0.39 is 6.43 Å². The third kappa shape index (κ3) is 1.92. The maximum Gasteiger partial charge on any atom is 0.256 e. The lowest BCUT2D eigenvalue weighted by Gasteiger charge is -2.11. The summed E-state index contributed by atoms with van der Waals surface area (Å²) in [4.78, 5) is 3.92. The van der Waals surface area contributed by atoms with Crippen molar-refractivity contribution < 1.29 is 8.78 Å². The fraction of sp³-hybridized carbons (Fsp3) is 0.667. The van der Waals surface area contributed by atoms with Gasteiger partial charge in [-0.25, -0.2) is 13.8 Å². The van der Waals surface area contributed by atoms with E-state index in [1.54, 1.807) is 10.8 Å². The highest BCUT2D eigenvalue weighted by Crippen LogP contribution is 2.22. The van der Waals surface area contributed by atoms with Crippen LogP contribution in [0.5, 0.6) is 0 Å². The highest BCUT2D eigenvalue weighted by molar-refractivity contribution is 5.09. The lowest BCUT2D eigenvalue weighted by molar-refractivity contribution is 0.125. The van der Waals surface area contributed by atoms with E-state index in [1.807, 2.05) is 0 Å². The monoisotopic (exact) mass is 201 g/mol. The summed E-state index contributed by atoms with van der Waals surface area (Å²) in [6, 6.07) is 0. The van der Waals surface area contributed by atoms with Crippen LogP contribution in [0, 0.1) is 0 Å². The van der Waals surface area contributed by atoms with Gasteiger partial charge in [0.15, 0.2) is 0 Å². The van der Waals surface area contributed by atoms with E-state index in [-0.39, 0.29) is 6.54 Å². The van der Waals surface area contributed by atoms with Gasteiger partial charge in [-0.2, -0.15) is 0 Å². The van der Waals surface area contributed by atoms with Crippen molar-refractivity contribution in [3.63, 3.8) is 0 Å². The summed E-state index contributed by atoms with van der Waals surface area (Å²) < 4.78 is 26.0. The summed E-state index contributed by atoms with van der Waals surface area (Å²) >= 11 is 0. The van der Waals surface area contributed by atoms with E-state index in [4.69, 9.17) is 0 Å². The molecular formula is C9H13F2N3. The summed E-state index contributed by atoms with van der Waals surface area (Å²) in [5.41, 5.74) is 0.926. The van der Waals surface area contributed by atoms with Crippen LogP contribution >= 0.6 is 0 Å². The van der Waals surface area contributed by atoms with E-state index in [0.29, 0.717) is 5.92 Å². The van der Waals surface area contributed by atoms with Gasteiger partial charge in [0.25, 0.3) is 6.43 Å². The zero-order valence-electron chi connectivity index (χ0n) is 7.79. The number of aromatic nitrogens is 2. The molecule has 0 spiro atoms. The van der Waals surface area contributed by atoms with Crippen molar-refractivity contribution in [3.8, 4) is 0 Å². The van der Waals surface area contributed by atoms with Gasteiger partial charge in [-0.05, 0) is 13.0 Å². The zero-order valence-corrected chi connectivity index (χ0v) is 7.79. The van der Waals surface area contributed by atoms with E-state index >= 15 is 0 Å². The van der Waals surface area contributed by atoms with Crippen molar-refractivity contribution in [2.24, 2.45) is 0 Å². The van der Waals surface area contributed by atoms with Gasteiger partial charge in [0, 0.05) is 24.4 Å². The summed E-state index contributed by atoms with van der Waals surface area (Å²) in [5, 5.41) is 3.21. The Morgan fingerprint density at radius 1 is 1.64 bits per heavy atom. The molecule has 14 heavy (non-hydrogen) atoms. The second-order valence-electron chi connectivity index (χ2n) is 3.55. The average Bonchev–Trinajstić information content (AvgIpc) is 2.70. The van der Waals surface area contributed by atoms with Crippen molar-refractivity contribution in [1.29, 1.82) is 0 Å². The minimum Gasteiger partial charge on any atom is -0.329 e. The van der Waals surface area contributed by atoms with E-state index in [1.165, 1.54) is 6.33 Å². The Balaban J connectivity index is 2.12. The van der Waals surface area contributed by atoms with Crippen molar-refractivity contribution in [2.75, 3.05) is 13.1 Å². The molecule has 1 aromatic heterocycles. The molecule has 2 heterocycles. The second-order valence-corrected chi connectivity index (χ2v) is 3.55. The van der Waals surface area contributed by atoms with E-state index in [0.717, 1.165) is 25.2 Å². The number of hydrogen-bond acceptors (Lipinski definition) is 2. The number of halogens is 2. The Bertz CT molecular complexity index is 292. The van der Waals surface area contributed by atoms with Gasteiger partial charge in [0.2, 0.25) is 0 Å². The molecule has 3 nitrogen and oxygen atoms in total. The highest BCUT2D eigenvalue weighted by atomic mass is 19.3. The molecule has 1 unspecified atom stereocenters. The Morgan fingerprint density at radius 3 is 3.14 bits per heavy atom. The van der Waals surface area contributed by atoms with Crippen LogP contribution in [-0.2, 0) is 6.54 Å². The Labute approximate surface area is 81.1 Å². The molecule has 1 atom stereocenters. The van der Waals surface area contributed by atoms with Crippen LogP contribution in [0.25, 0.3) is 0 Å². The Morgan fingerprint density at radius 2 is 2.50 bits per heavy atom. The van der Waals surface area contributed by atoms with Crippen molar-refractivity contribution in [3.05, 3.63) is 18.2 Å². The van der Waals surface area contributed by atoms with E-state index in [2.05, 4.69) is 10.3 Å². The van der Waals surface area contributed by atoms with Gasteiger partial charge in [-0.1, -0.05) is 0 Å². The van der Waals surface area contributed by atoms with Crippen LogP contribution in [0.1, 0.15) is 18.0 Å². The quantitative estimate of drug-likeness (QED) is 0.797. The van der Waals surface area contributed by atoms with Crippen molar-refractivity contribution in [1.82, 2.24) is 14.9 Å². The largest absolute Gasteiger partial charge is 0.329 e. The lowest BCUT2D eigenvalue weighted by Crippen LogP contribution is -2.14. The van der Waals surface area contributed by atoms with Crippen LogP contribution in [0.3, 0.4) is 0 Å². The number of nitrogens with one attached hydrogen (secondary N) is 1. The first-order valence-corrected chi connectivity index (χ1v) is 4.76. The van der Waals surface area contributed by atoms with Crippen LogP contribution in [0.4, 0.5) is 8.78 Å². The van der Waals surface area contributed by atoms with Crippen LogP contribution in [0.15, 0.2) is 12.5 Å². The number of nitrogens with zero attached hydrogens (tertiary/aromatic N) is 2. The number of alkyl halides is 2. The number of rotatable bonds is 3. The molecule has 1 saturated heterocycles. The predicted octanol–water partition coefficient (Wildman–Crippen LogP) is 1.23. The number of hydrogen-bond donors (Lipinski definition) is 1. The fourth-order valence-corrected chi connectivity index (χ4v) is 1.88.